The van der Waals surface area contributed by atoms with Crippen LogP contribution in [0.5, 0.6) is 0 Å². The van der Waals surface area contributed by atoms with Gasteiger partial charge in [0.05, 0.1) is 6.10 Å². The Morgan fingerprint density at radius 1 is 1.12 bits per heavy atom. The Kier molecular flexibility index (Phi) is 5.68. The highest BCUT2D eigenvalue weighted by Gasteiger charge is 2.27. The van der Waals surface area contributed by atoms with Crippen molar-refractivity contribution in [3.8, 4) is 0 Å². The van der Waals surface area contributed by atoms with Crippen LogP contribution >= 0.6 is 11.8 Å². The maximum atomic E-state index is 10.3. The minimum absolute atomic E-state index is 0.0325. The molecule has 0 radical (unpaired) electrons. The fraction of sp³-hybridized carbons (Fsp3) is 1.00. The summed E-state index contributed by atoms with van der Waals surface area (Å²) in [7, 11) is 0. The molecule has 0 aromatic rings. The van der Waals surface area contributed by atoms with Gasteiger partial charge in [0, 0.05) is 11.0 Å². The highest BCUT2D eigenvalue weighted by Crippen LogP contribution is 2.35. The number of aliphatic hydroxyl groups is 1. The molecule has 17 heavy (non-hydrogen) atoms. The third-order valence-electron chi connectivity index (χ3n) is 4.75. The van der Waals surface area contributed by atoms with Gasteiger partial charge in [-0.1, -0.05) is 39.0 Å². The fourth-order valence-electron chi connectivity index (χ4n) is 3.48. The molecule has 0 aliphatic heterocycles. The van der Waals surface area contributed by atoms with E-state index in [1.807, 2.05) is 11.8 Å². The molecule has 0 heterocycles. The molecule has 100 valence electrons. The minimum Gasteiger partial charge on any atom is -0.392 e. The van der Waals surface area contributed by atoms with E-state index in [2.05, 4.69) is 6.92 Å². The lowest BCUT2D eigenvalue weighted by molar-refractivity contribution is 0.0861. The van der Waals surface area contributed by atoms with E-state index in [9.17, 15) is 5.11 Å². The molecule has 3 atom stereocenters. The van der Waals surface area contributed by atoms with E-state index in [1.54, 1.807) is 0 Å². The van der Waals surface area contributed by atoms with Gasteiger partial charge in [0.2, 0.25) is 0 Å². The van der Waals surface area contributed by atoms with Crippen LogP contribution in [-0.2, 0) is 0 Å². The Balaban J connectivity index is 1.68. The maximum absolute atomic E-state index is 10.3. The monoisotopic (exact) mass is 256 g/mol. The summed E-state index contributed by atoms with van der Waals surface area (Å²) in [6.07, 6.45) is 12.2. The van der Waals surface area contributed by atoms with Gasteiger partial charge in [0.15, 0.2) is 0 Å². The molecule has 0 aromatic heterocycles. The van der Waals surface area contributed by atoms with Gasteiger partial charge < -0.3 is 5.11 Å². The van der Waals surface area contributed by atoms with Gasteiger partial charge in [-0.2, -0.15) is 11.8 Å². The first-order valence-corrected chi connectivity index (χ1v) is 8.64. The van der Waals surface area contributed by atoms with Crippen LogP contribution in [0.4, 0.5) is 0 Å². The maximum Gasteiger partial charge on any atom is 0.0658 e. The number of aliphatic hydroxyl groups excluding tert-OH is 1. The van der Waals surface area contributed by atoms with Crippen molar-refractivity contribution in [3.63, 3.8) is 0 Å². The standard InChI is InChI=1S/C15H28OS/c1-2-12-6-5-7-13(10-12)15(16)11-17-14-8-3-4-9-14/h12-16H,2-11H2,1H3. The van der Waals surface area contributed by atoms with Crippen molar-refractivity contribution in [2.45, 2.75) is 76.1 Å². The normalized spacial score (nSPS) is 32.8. The largest absolute Gasteiger partial charge is 0.392 e. The number of rotatable bonds is 5. The Morgan fingerprint density at radius 3 is 2.59 bits per heavy atom. The minimum atomic E-state index is -0.0325. The molecular formula is C15H28OS. The second kappa shape index (κ2) is 7.04. The summed E-state index contributed by atoms with van der Waals surface area (Å²) >= 11 is 2.04. The summed E-state index contributed by atoms with van der Waals surface area (Å²) in [6.45, 7) is 2.30. The molecule has 1 N–H and O–H groups in total. The second-order valence-electron chi connectivity index (χ2n) is 6.01. The van der Waals surface area contributed by atoms with E-state index in [0.717, 1.165) is 16.9 Å². The summed E-state index contributed by atoms with van der Waals surface area (Å²) in [5.41, 5.74) is 0. The van der Waals surface area contributed by atoms with Crippen molar-refractivity contribution < 1.29 is 5.11 Å². The molecule has 0 saturated heterocycles. The lowest BCUT2D eigenvalue weighted by atomic mass is 9.78. The van der Waals surface area contributed by atoms with Crippen LogP contribution in [-0.4, -0.2) is 22.2 Å². The third-order valence-corrected chi connectivity index (χ3v) is 6.23. The zero-order chi connectivity index (χ0) is 12.1. The molecule has 2 saturated carbocycles. The van der Waals surface area contributed by atoms with Crippen molar-refractivity contribution in [2.75, 3.05) is 5.75 Å². The van der Waals surface area contributed by atoms with Gasteiger partial charge in [-0.15, -0.1) is 0 Å². The highest BCUT2D eigenvalue weighted by molar-refractivity contribution is 7.99. The number of hydrogen-bond donors (Lipinski definition) is 1. The average molecular weight is 256 g/mol. The van der Waals surface area contributed by atoms with Crippen LogP contribution in [0.3, 0.4) is 0 Å². The SMILES string of the molecule is CCC1CCCC(C(O)CSC2CCCC2)C1. The number of hydrogen-bond acceptors (Lipinski definition) is 2. The van der Waals surface area contributed by atoms with Crippen LogP contribution in [0.2, 0.25) is 0 Å². The summed E-state index contributed by atoms with van der Waals surface area (Å²) in [5.74, 6) is 2.48. The Morgan fingerprint density at radius 2 is 1.88 bits per heavy atom. The summed E-state index contributed by atoms with van der Waals surface area (Å²) in [4.78, 5) is 0. The van der Waals surface area contributed by atoms with Crippen molar-refractivity contribution in [1.29, 1.82) is 0 Å². The molecule has 2 aliphatic rings. The molecule has 3 unspecified atom stereocenters. The molecule has 2 rings (SSSR count). The van der Waals surface area contributed by atoms with Crippen LogP contribution < -0.4 is 0 Å². The first-order chi connectivity index (χ1) is 8.29. The van der Waals surface area contributed by atoms with Crippen LogP contribution in [0.15, 0.2) is 0 Å². The number of thioether (sulfide) groups is 1. The van der Waals surface area contributed by atoms with Crippen molar-refractivity contribution in [2.24, 2.45) is 11.8 Å². The highest BCUT2D eigenvalue weighted by atomic mass is 32.2. The van der Waals surface area contributed by atoms with E-state index in [4.69, 9.17) is 0 Å². The third kappa shape index (κ3) is 4.17. The van der Waals surface area contributed by atoms with E-state index in [-0.39, 0.29) is 6.10 Å². The van der Waals surface area contributed by atoms with Gasteiger partial charge >= 0.3 is 0 Å². The average Bonchev–Trinajstić information content (AvgIpc) is 2.89. The van der Waals surface area contributed by atoms with Gasteiger partial charge in [0.1, 0.15) is 0 Å². The molecule has 2 fully saturated rings. The molecular weight excluding hydrogens is 228 g/mol. The summed E-state index contributed by atoms with van der Waals surface area (Å²) in [6, 6.07) is 0. The second-order valence-corrected chi connectivity index (χ2v) is 7.34. The van der Waals surface area contributed by atoms with Crippen LogP contribution in [0.1, 0.15) is 64.7 Å². The Hall–Kier alpha value is 0.310. The molecule has 2 aliphatic carbocycles. The fourth-order valence-corrected chi connectivity index (χ4v) is 4.89. The van der Waals surface area contributed by atoms with E-state index in [0.29, 0.717) is 5.92 Å². The van der Waals surface area contributed by atoms with Crippen molar-refractivity contribution in [1.82, 2.24) is 0 Å². The van der Waals surface area contributed by atoms with Gasteiger partial charge in [-0.05, 0) is 37.5 Å². The zero-order valence-corrected chi connectivity index (χ0v) is 12.1. The van der Waals surface area contributed by atoms with Crippen LogP contribution in [0.25, 0.3) is 0 Å². The molecule has 0 amide bonds. The first-order valence-electron chi connectivity index (χ1n) is 7.59. The molecule has 2 heteroatoms. The lowest BCUT2D eigenvalue weighted by Gasteiger charge is -2.32. The zero-order valence-electron chi connectivity index (χ0n) is 11.2. The van der Waals surface area contributed by atoms with Gasteiger partial charge in [0.25, 0.3) is 0 Å². The predicted octanol–water partition coefficient (Wildman–Crippen LogP) is 4.24. The van der Waals surface area contributed by atoms with E-state index >= 15 is 0 Å². The first kappa shape index (κ1) is 13.7. The van der Waals surface area contributed by atoms with E-state index < -0.39 is 0 Å². The quantitative estimate of drug-likeness (QED) is 0.794. The van der Waals surface area contributed by atoms with Crippen molar-refractivity contribution in [3.05, 3.63) is 0 Å². The Labute approximate surface area is 111 Å². The topological polar surface area (TPSA) is 20.2 Å². The molecule has 0 aromatic carbocycles. The predicted molar refractivity (Wildman–Crippen MR) is 76.5 cm³/mol. The van der Waals surface area contributed by atoms with Gasteiger partial charge in [-0.3, -0.25) is 0 Å². The molecule has 0 spiro atoms. The molecule has 1 nitrogen and oxygen atoms in total. The summed E-state index contributed by atoms with van der Waals surface area (Å²) in [5, 5.41) is 11.2. The smallest absolute Gasteiger partial charge is 0.0658 e. The Bertz CT molecular complexity index is 213. The van der Waals surface area contributed by atoms with Crippen LogP contribution in [0, 0.1) is 11.8 Å². The van der Waals surface area contributed by atoms with E-state index in [1.165, 1.54) is 57.8 Å². The lowest BCUT2D eigenvalue weighted by Crippen LogP contribution is -2.28. The summed E-state index contributed by atoms with van der Waals surface area (Å²) < 4.78 is 0. The van der Waals surface area contributed by atoms with Gasteiger partial charge in [-0.25, -0.2) is 0 Å². The van der Waals surface area contributed by atoms with Crippen molar-refractivity contribution >= 4 is 11.8 Å². The molecule has 0 bridgehead atoms.